The SMILES string of the molecule is CCCCC(CN)NC(=O)C1CCCN(C(=O)c2ccc(C)cc2)C1. The highest BCUT2D eigenvalue weighted by Gasteiger charge is 2.29. The summed E-state index contributed by atoms with van der Waals surface area (Å²) >= 11 is 0. The van der Waals surface area contributed by atoms with E-state index in [9.17, 15) is 9.59 Å². The van der Waals surface area contributed by atoms with Crippen LogP contribution in [0, 0.1) is 12.8 Å². The third-order valence-electron chi connectivity index (χ3n) is 4.91. The van der Waals surface area contributed by atoms with E-state index in [0.717, 1.165) is 37.7 Å². The molecule has 3 N–H and O–H groups in total. The molecule has 0 bridgehead atoms. The Morgan fingerprint density at radius 3 is 2.68 bits per heavy atom. The fraction of sp³-hybridized carbons (Fsp3) is 0.600. The molecule has 0 aliphatic carbocycles. The van der Waals surface area contributed by atoms with Crippen molar-refractivity contribution in [3.05, 3.63) is 35.4 Å². The minimum absolute atomic E-state index is 0.0128. The van der Waals surface area contributed by atoms with Gasteiger partial charge in [-0.3, -0.25) is 9.59 Å². The van der Waals surface area contributed by atoms with E-state index in [-0.39, 0.29) is 23.8 Å². The Hall–Kier alpha value is -1.88. The average Bonchev–Trinajstić information content (AvgIpc) is 2.65. The van der Waals surface area contributed by atoms with E-state index in [1.807, 2.05) is 36.1 Å². The van der Waals surface area contributed by atoms with Gasteiger partial charge in [-0.25, -0.2) is 0 Å². The minimum atomic E-state index is -0.140. The highest BCUT2D eigenvalue weighted by molar-refractivity contribution is 5.94. The highest BCUT2D eigenvalue weighted by atomic mass is 16.2. The van der Waals surface area contributed by atoms with Crippen molar-refractivity contribution < 1.29 is 9.59 Å². The molecule has 25 heavy (non-hydrogen) atoms. The van der Waals surface area contributed by atoms with Crippen molar-refractivity contribution in [3.63, 3.8) is 0 Å². The van der Waals surface area contributed by atoms with E-state index in [4.69, 9.17) is 5.73 Å². The van der Waals surface area contributed by atoms with E-state index < -0.39 is 0 Å². The Labute approximate surface area is 151 Å². The van der Waals surface area contributed by atoms with Crippen LogP contribution in [0.4, 0.5) is 0 Å². The minimum Gasteiger partial charge on any atom is -0.352 e. The fourth-order valence-corrected chi connectivity index (χ4v) is 3.27. The van der Waals surface area contributed by atoms with E-state index in [0.29, 0.717) is 25.2 Å². The number of likely N-dealkylation sites (tertiary alicyclic amines) is 1. The van der Waals surface area contributed by atoms with Crippen LogP contribution < -0.4 is 11.1 Å². The molecular weight excluding hydrogens is 314 g/mol. The van der Waals surface area contributed by atoms with Gasteiger partial charge in [-0.05, 0) is 38.3 Å². The summed E-state index contributed by atoms with van der Waals surface area (Å²) < 4.78 is 0. The Morgan fingerprint density at radius 1 is 1.32 bits per heavy atom. The van der Waals surface area contributed by atoms with Crippen LogP contribution in [0.5, 0.6) is 0 Å². The molecule has 1 heterocycles. The summed E-state index contributed by atoms with van der Waals surface area (Å²) in [6.07, 6.45) is 4.75. The van der Waals surface area contributed by atoms with Crippen LogP contribution >= 0.6 is 0 Å². The summed E-state index contributed by atoms with van der Waals surface area (Å²) in [5, 5.41) is 3.08. The van der Waals surface area contributed by atoms with Gasteiger partial charge in [0.1, 0.15) is 0 Å². The monoisotopic (exact) mass is 345 g/mol. The lowest BCUT2D eigenvalue weighted by molar-refractivity contribution is -0.127. The number of nitrogens with two attached hydrogens (primary N) is 1. The van der Waals surface area contributed by atoms with E-state index >= 15 is 0 Å². The predicted molar refractivity (Wildman–Crippen MR) is 100 cm³/mol. The number of unbranched alkanes of at least 4 members (excludes halogenated alkanes) is 1. The number of hydrogen-bond acceptors (Lipinski definition) is 3. The van der Waals surface area contributed by atoms with Gasteiger partial charge in [0.15, 0.2) is 0 Å². The first-order chi connectivity index (χ1) is 12.0. The molecule has 2 atom stereocenters. The van der Waals surface area contributed by atoms with Crippen molar-refractivity contribution in [2.24, 2.45) is 11.7 Å². The molecule has 0 radical (unpaired) electrons. The van der Waals surface area contributed by atoms with Gasteiger partial charge in [-0.2, -0.15) is 0 Å². The summed E-state index contributed by atoms with van der Waals surface area (Å²) in [4.78, 5) is 27.1. The molecule has 5 heteroatoms. The molecule has 0 spiro atoms. The summed E-state index contributed by atoms with van der Waals surface area (Å²) in [7, 11) is 0. The van der Waals surface area contributed by atoms with Crippen LogP contribution in [0.15, 0.2) is 24.3 Å². The second kappa shape index (κ2) is 9.56. The van der Waals surface area contributed by atoms with Crippen LogP contribution in [0.1, 0.15) is 54.9 Å². The van der Waals surface area contributed by atoms with Crippen LogP contribution in [-0.2, 0) is 4.79 Å². The van der Waals surface area contributed by atoms with Gasteiger partial charge in [-0.1, -0.05) is 37.5 Å². The van der Waals surface area contributed by atoms with Crippen molar-refractivity contribution in [2.75, 3.05) is 19.6 Å². The first-order valence-electron chi connectivity index (χ1n) is 9.41. The molecule has 2 rings (SSSR count). The maximum atomic E-state index is 12.7. The number of piperidine rings is 1. The second-order valence-electron chi connectivity index (χ2n) is 7.04. The molecular formula is C20H31N3O2. The maximum Gasteiger partial charge on any atom is 0.253 e. The van der Waals surface area contributed by atoms with Gasteiger partial charge in [0.25, 0.3) is 5.91 Å². The van der Waals surface area contributed by atoms with Crippen molar-refractivity contribution in [1.29, 1.82) is 0 Å². The molecule has 1 aromatic carbocycles. The fourth-order valence-electron chi connectivity index (χ4n) is 3.27. The third kappa shape index (κ3) is 5.56. The molecule has 1 aliphatic rings. The zero-order valence-corrected chi connectivity index (χ0v) is 15.5. The summed E-state index contributed by atoms with van der Waals surface area (Å²) in [6.45, 7) is 5.80. The van der Waals surface area contributed by atoms with E-state index in [1.54, 1.807) is 0 Å². The number of benzene rings is 1. The largest absolute Gasteiger partial charge is 0.352 e. The highest BCUT2D eigenvalue weighted by Crippen LogP contribution is 2.19. The number of carbonyl (C=O) groups excluding carboxylic acids is 2. The first kappa shape index (κ1) is 19.4. The van der Waals surface area contributed by atoms with Crippen LogP contribution in [0.3, 0.4) is 0 Å². The van der Waals surface area contributed by atoms with Crippen LogP contribution in [0.2, 0.25) is 0 Å². The third-order valence-corrected chi connectivity index (χ3v) is 4.91. The van der Waals surface area contributed by atoms with Crippen molar-refractivity contribution in [3.8, 4) is 0 Å². The van der Waals surface area contributed by atoms with Crippen LogP contribution in [0.25, 0.3) is 0 Å². The number of hydrogen-bond donors (Lipinski definition) is 2. The Bertz CT molecular complexity index is 571. The van der Waals surface area contributed by atoms with Gasteiger partial charge >= 0.3 is 0 Å². The molecule has 5 nitrogen and oxygen atoms in total. The van der Waals surface area contributed by atoms with Crippen molar-refractivity contribution in [1.82, 2.24) is 10.2 Å². The van der Waals surface area contributed by atoms with E-state index in [2.05, 4.69) is 12.2 Å². The van der Waals surface area contributed by atoms with Gasteiger partial charge in [-0.15, -0.1) is 0 Å². The normalized spacial score (nSPS) is 18.7. The summed E-state index contributed by atoms with van der Waals surface area (Å²) in [5.41, 5.74) is 7.60. The lowest BCUT2D eigenvalue weighted by atomic mass is 9.95. The molecule has 0 saturated carbocycles. The van der Waals surface area contributed by atoms with Crippen molar-refractivity contribution in [2.45, 2.75) is 52.0 Å². The van der Waals surface area contributed by atoms with Crippen molar-refractivity contribution >= 4 is 11.8 Å². The molecule has 2 amide bonds. The predicted octanol–water partition coefficient (Wildman–Crippen LogP) is 2.48. The zero-order valence-electron chi connectivity index (χ0n) is 15.5. The van der Waals surface area contributed by atoms with Gasteiger partial charge in [0, 0.05) is 31.2 Å². The number of nitrogens with zero attached hydrogens (tertiary/aromatic N) is 1. The number of nitrogens with one attached hydrogen (secondary N) is 1. The number of amides is 2. The quantitative estimate of drug-likeness (QED) is 0.797. The van der Waals surface area contributed by atoms with Gasteiger partial charge in [0.2, 0.25) is 5.91 Å². The van der Waals surface area contributed by atoms with Gasteiger partial charge < -0.3 is 16.0 Å². The molecule has 1 fully saturated rings. The Kier molecular flexibility index (Phi) is 7.44. The summed E-state index contributed by atoms with van der Waals surface area (Å²) in [6, 6.07) is 7.64. The average molecular weight is 345 g/mol. The Balaban J connectivity index is 1.94. The maximum absolute atomic E-state index is 12.7. The zero-order chi connectivity index (χ0) is 18.2. The Morgan fingerprint density at radius 2 is 2.04 bits per heavy atom. The topological polar surface area (TPSA) is 75.4 Å². The molecule has 1 aromatic rings. The molecule has 2 unspecified atom stereocenters. The number of carbonyl (C=O) groups is 2. The standard InChI is InChI=1S/C20H31N3O2/c1-3-4-7-18(13-21)22-19(24)17-6-5-12-23(14-17)20(25)16-10-8-15(2)9-11-16/h8-11,17-18H,3-7,12-14,21H2,1-2H3,(H,22,24). The molecule has 138 valence electrons. The molecule has 0 aromatic heterocycles. The second-order valence-corrected chi connectivity index (χ2v) is 7.04. The lowest BCUT2D eigenvalue weighted by Crippen LogP contribution is -2.49. The smallest absolute Gasteiger partial charge is 0.253 e. The van der Waals surface area contributed by atoms with Gasteiger partial charge in [0.05, 0.1) is 5.92 Å². The summed E-state index contributed by atoms with van der Waals surface area (Å²) in [5.74, 6) is -0.0920. The lowest BCUT2D eigenvalue weighted by Gasteiger charge is -2.33. The first-order valence-corrected chi connectivity index (χ1v) is 9.41. The number of aryl methyl sites for hydroxylation is 1. The van der Waals surface area contributed by atoms with E-state index in [1.165, 1.54) is 0 Å². The van der Waals surface area contributed by atoms with Crippen LogP contribution in [-0.4, -0.2) is 42.4 Å². The molecule has 1 saturated heterocycles. The molecule has 1 aliphatic heterocycles. The number of rotatable bonds is 7.